The first-order valence-electron chi connectivity index (χ1n) is 6.59. The van der Waals surface area contributed by atoms with E-state index in [4.69, 9.17) is 28.9 Å². The number of nitrogens with zero attached hydrogens (tertiary/aromatic N) is 1. The molecule has 1 fully saturated rings. The van der Waals surface area contributed by atoms with Crippen molar-refractivity contribution in [2.45, 2.75) is 19.0 Å². The second-order valence-electron chi connectivity index (χ2n) is 5.18. The summed E-state index contributed by atoms with van der Waals surface area (Å²) in [5.74, 6) is -0.100. The molecule has 1 aliphatic rings. The molecule has 2 unspecified atom stereocenters. The van der Waals surface area contributed by atoms with E-state index in [1.807, 2.05) is 37.3 Å². The van der Waals surface area contributed by atoms with Crippen molar-refractivity contribution in [3.63, 3.8) is 0 Å². The van der Waals surface area contributed by atoms with Crippen molar-refractivity contribution in [1.82, 2.24) is 0 Å². The summed E-state index contributed by atoms with van der Waals surface area (Å²) in [6.07, 6.45) is 0. The highest BCUT2D eigenvalue weighted by Crippen LogP contribution is 2.41. The number of amides is 1. The van der Waals surface area contributed by atoms with Crippen LogP contribution in [0.3, 0.4) is 0 Å². The maximum Gasteiger partial charge on any atom is 0.247 e. The highest BCUT2D eigenvalue weighted by Gasteiger charge is 2.47. The number of aryl methyl sites for hydroxylation is 1. The molecule has 0 radical (unpaired) electrons. The van der Waals surface area contributed by atoms with Gasteiger partial charge in [-0.25, -0.2) is 0 Å². The van der Waals surface area contributed by atoms with Gasteiger partial charge in [0.2, 0.25) is 5.91 Å². The fraction of sp³-hybridized carbons (Fsp3) is 0.188. The number of carbonyl (C=O) groups is 1. The van der Waals surface area contributed by atoms with Crippen LogP contribution in [0.4, 0.5) is 5.69 Å². The van der Waals surface area contributed by atoms with Gasteiger partial charge in [-0.15, -0.1) is 0 Å². The largest absolute Gasteiger partial charge is 0.318 e. The van der Waals surface area contributed by atoms with Crippen LogP contribution in [0.15, 0.2) is 42.5 Å². The number of halogens is 2. The van der Waals surface area contributed by atoms with E-state index < -0.39 is 6.04 Å². The molecule has 1 saturated heterocycles. The number of carbonyl (C=O) groups excluding carboxylic acids is 1. The molecular weight excluding hydrogens is 307 g/mol. The minimum Gasteiger partial charge on any atom is -0.318 e. The minimum absolute atomic E-state index is 0.100. The predicted molar refractivity (Wildman–Crippen MR) is 85.8 cm³/mol. The van der Waals surface area contributed by atoms with Crippen LogP contribution in [-0.4, -0.2) is 11.9 Å². The van der Waals surface area contributed by atoms with Gasteiger partial charge in [-0.1, -0.05) is 41.4 Å². The smallest absolute Gasteiger partial charge is 0.247 e. The van der Waals surface area contributed by atoms with Crippen LogP contribution >= 0.6 is 23.2 Å². The van der Waals surface area contributed by atoms with Crippen molar-refractivity contribution in [3.05, 3.63) is 63.6 Å². The molecule has 0 saturated carbocycles. The Morgan fingerprint density at radius 3 is 2.57 bits per heavy atom. The summed E-state index contributed by atoms with van der Waals surface area (Å²) < 4.78 is 0. The molecule has 0 aromatic heterocycles. The van der Waals surface area contributed by atoms with Gasteiger partial charge in [0.1, 0.15) is 6.04 Å². The minimum atomic E-state index is -0.579. The van der Waals surface area contributed by atoms with Crippen LogP contribution in [0.1, 0.15) is 17.2 Å². The van der Waals surface area contributed by atoms with Crippen LogP contribution in [0.5, 0.6) is 0 Å². The molecule has 3 rings (SSSR count). The normalized spacial score (nSPS) is 21.3. The second-order valence-corrected chi connectivity index (χ2v) is 6.03. The molecule has 5 heteroatoms. The van der Waals surface area contributed by atoms with E-state index >= 15 is 0 Å². The summed E-state index contributed by atoms with van der Waals surface area (Å²) in [4.78, 5) is 13.9. The lowest BCUT2D eigenvalue weighted by molar-refractivity contribution is -0.126. The third-order valence-corrected chi connectivity index (χ3v) is 4.26. The van der Waals surface area contributed by atoms with Gasteiger partial charge in [0.05, 0.1) is 6.04 Å². The van der Waals surface area contributed by atoms with Crippen LogP contribution in [0, 0.1) is 6.92 Å². The number of hydrogen-bond donors (Lipinski definition) is 1. The van der Waals surface area contributed by atoms with Crippen molar-refractivity contribution < 1.29 is 4.79 Å². The molecule has 2 atom stereocenters. The first-order chi connectivity index (χ1) is 9.99. The molecule has 2 aromatic rings. The number of nitrogens with two attached hydrogens (primary N) is 1. The Morgan fingerprint density at radius 2 is 1.90 bits per heavy atom. The molecule has 108 valence electrons. The van der Waals surface area contributed by atoms with E-state index in [2.05, 4.69) is 0 Å². The standard InChI is InChI=1S/C16H14Cl2N2O/c1-9-3-2-4-11(7-9)20-15(14(19)16(20)21)12-6-5-10(17)8-13(12)18/h2-8,14-15H,19H2,1H3. The van der Waals surface area contributed by atoms with E-state index in [1.165, 1.54) is 0 Å². The molecule has 1 amide bonds. The first-order valence-corrected chi connectivity index (χ1v) is 7.35. The predicted octanol–water partition coefficient (Wildman–Crippen LogP) is 3.72. The average Bonchev–Trinajstić information content (AvgIpc) is 2.45. The third-order valence-electron chi connectivity index (χ3n) is 3.70. The number of rotatable bonds is 2. The second kappa shape index (κ2) is 5.34. The molecule has 0 aliphatic carbocycles. The van der Waals surface area contributed by atoms with E-state index in [0.29, 0.717) is 10.0 Å². The van der Waals surface area contributed by atoms with Crippen molar-refractivity contribution in [1.29, 1.82) is 0 Å². The molecule has 2 aromatic carbocycles. The van der Waals surface area contributed by atoms with Crippen LogP contribution in [-0.2, 0) is 4.79 Å². The van der Waals surface area contributed by atoms with Gasteiger partial charge in [-0.3, -0.25) is 4.79 Å². The van der Waals surface area contributed by atoms with E-state index in [1.54, 1.807) is 17.0 Å². The van der Waals surface area contributed by atoms with Gasteiger partial charge in [-0.2, -0.15) is 0 Å². The zero-order chi connectivity index (χ0) is 15.1. The number of benzene rings is 2. The summed E-state index contributed by atoms with van der Waals surface area (Å²) in [6, 6.07) is 12.2. The molecule has 2 N–H and O–H groups in total. The summed E-state index contributed by atoms with van der Waals surface area (Å²) in [5, 5.41) is 1.08. The Balaban J connectivity index is 2.02. The third kappa shape index (κ3) is 2.42. The van der Waals surface area contributed by atoms with Crippen LogP contribution in [0.2, 0.25) is 10.0 Å². The molecule has 1 heterocycles. The lowest BCUT2D eigenvalue weighted by Crippen LogP contribution is -2.63. The van der Waals surface area contributed by atoms with Crippen molar-refractivity contribution in [2.75, 3.05) is 4.90 Å². The zero-order valence-corrected chi connectivity index (χ0v) is 12.9. The Morgan fingerprint density at radius 1 is 1.14 bits per heavy atom. The van der Waals surface area contributed by atoms with Crippen LogP contribution in [0.25, 0.3) is 0 Å². The Bertz CT molecular complexity index is 717. The number of anilines is 1. The monoisotopic (exact) mass is 320 g/mol. The zero-order valence-electron chi connectivity index (χ0n) is 11.4. The lowest BCUT2D eigenvalue weighted by Gasteiger charge is -2.46. The molecule has 1 aliphatic heterocycles. The summed E-state index contributed by atoms with van der Waals surface area (Å²) in [7, 11) is 0. The van der Waals surface area contributed by atoms with E-state index in [9.17, 15) is 4.79 Å². The van der Waals surface area contributed by atoms with Gasteiger partial charge in [0.15, 0.2) is 0 Å². The Labute approximate surface area is 133 Å². The lowest BCUT2D eigenvalue weighted by atomic mass is 9.88. The van der Waals surface area contributed by atoms with Gasteiger partial charge < -0.3 is 10.6 Å². The Kier molecular flexibility index (Phi) is 3.66. The molecule has 0 spiro atoms. The van der Waals surface area contributed by atoms with Gasteiger partial charge in [0.25, 0.3) is 0 Å². The maximum absolute atomic E-state index is 12.2. The van der Waals surface area contributed by atoms with Crippen molar-refractivity contribution >= 4 is 34.8 Å². The van der Waals surface area contributed by atoms with Crippen molar-refractivity contribution in [3.8, 4) is 0 Å². The average molecular weight is 321 g/mol. The van der Waals surface area contributed by atoms with Crippen molar-refractivity contribution in [2.24, 2.45) is 5.73 Å². The van der Waals surface area contributed by atoms with Gasteiger partial charge in [-0.05, 0) is 42.3 Å². The topological polar surface area (TPSA) is 46.3 Å². The quantitative estimate of drug-likeness (QED) is 0.857. The van der Waals surface area contributed by atoms with Gasteiger partial charge >= 0.3 is 0 Å². The van der Waals surface area contributed by atoms with E-state index in [0.717, 1.165) is 16.8 Å². The molecular formula is C16H14Cl2N2O. The Hall–Kier alpha value is -1.55. The SMILES string of the molecule is Cc1cccc(N2C(=O)C(N)C2c2ccc(Cl)cc2Cl)c1. The summed E-state index contributed by atoms with van der Waals surface area (Å²) >= 11 is 12.2. The maximum atomic E-state index is 12.2. The highest BCUT2D eigenvalue weighted by atomic mass is 35.5. The number of hydrogen-bond acceptors (Lipinski definition) is 2. The molecule has 21 heavy (non-hydrogen) atoms. The summed E-state index contributed by atoms with van der Waals surface area (Å²) in [6.45, 7) is 1.98. The highest BCUT2D eigenvalue weighted by molar-refractivity contribution is 6.35. The molecule has 0 bridgehead atoms. The summed E-state index contributed by atoms with van der Waals surface area (Å²) in [5.41, 5.74) is 8.72. The molecule has 3 nitrogen and oxygen atoms in total. The first kappa shape index (κ1) is 14.4. The fourth-order valence-corrected chi connectivity index (χ4v) is 3.17. The van der Waals surface area contributed by atoms with Crippen LogP contribution < -0.4 is 10.6 Å². The van der Waals surface area contributed by atoms with Gasteiger partial charge in [0, 0.05) is 15.7 Å². The number of β-lactam (4-membered cyclic amide) rings is 1. The van der Waals surface area contributed by atoms with E-state index in [-0.39, 0.29) is 11.9 Å². The fourth-order valence-electron chi connectivity index (χ4n) is 2.65.